The molecule has 0 unspecified atom stereocenters. The van der Waals surface area contributed by atoms with Crippen LogP contribution in [-0.4, -0.2) is 48.2 Å². The van der Waals surface area contributed by atoms with Gasteiger partial charge in [0, 0.05) is 39.0 Å². The van der Waals surface area contributed by atoms with Gasteiger partial charge in [-0.15, -0.1) is 0 Å². The Balaban J connectivity index is 1.57. The molecule has 0 amide bonds. The number of H-pyrrole nitrogens is 1. The van der Waals surface area contributed by atoms with Crippen molar-refractivity contribution >= 4 is 46.8 Å². The smallest absolute Gasteiger partial charge is 0.325 e. The highest BCUT2D eigenvalue weighted by atomic mass is 32.1. The molecule has 0 aliphatic carbocycles. The maximum Gasteiger partial charge on any atom is 0.325 e. The fourth-order valence-electron chi connectivity index (χ4n) is 2.84. The number of benzene rings is 2. The van der Waals surface area contributed by atoms with Crippen LogP contribution in [0.15, 0.2) is 58.4 Å². The van der Waals surface area contributed by atoms with E-state index in [1.165, 1.54) is 16.0 Å². The van der Waals surface area contributed by atoms with Gasteiger partial charge in [-0.1, -0.05) is 17.2 Å². The van der Waals surface area contributed by atoms with Crippen molar-refractivity contribution in [2.24, 2.45) is 5.11 Å². The molecule has 0 radical (unpaired) electrons. The van der Waals surface area contributed by atoms with Crippen LogP contribution in [0.3, 0.4) is 0 Å². The largest absolute Gasteiger partial charge is 0.347 e. The van der Waals surface area contributed by atoms with Gasteiger partial charge in [0.2, 0.25) is 29.4 Å². The van der Waals surface area contributed by atoms with Crippen molar-refractivity contribution in [3.05, 3.63) is 74.8 Å². The third-order valence-corrected chi connectivity index (χ3v) is 5.34. The van der Waals surface area contributed by atoms with E-state index in [9.17, 15) is 9.18 Å². The summed E-state index contributed by atoms with van der Waals surface area (Å²) < 4.78 is 15.2. The first kappa shape index (κ1) is 23.0. The van der Waals surface area contributed by atoms with E-state index in [2.05, 4.69) is 30.5 Å². The second-order valence-corrected chi connectivity index (χ2v) is 8.66. The molecule has 2 aromatic heterocycles. The monoisotopic (exact) mass is 480 g/mol. The molecule has 2 heterocycles. The molecule has 4 rings (SSSR count). The molecule has 0 spiro atoms. The van der Waals surface area contributed by atoms with Crippen LogP contribution >= 0.6 is 11.5 Å². The lowest BCUT2D eigenvalue weighted by atomic mass is 10.2. The predicted molar refractivity (Wildman–Crippen MR) is 130 cm³/mol. The number of anilines is 4. The average Bonchev–Trinajstić information content (AvgIpc) is 3.13. The Kier molecular flexibility index (Phi) is 6.59. The summed E-state index contributed by atoms with van der Waals surface area (Å²) in [5.74, 6) is 1.14. The highest BCUT2D eigenvalue weighted by molar-refractivity contribution is 6.99. The Morgan fingerprint density at radius 1 is 1.03 bits per heavy atom. The standard InChI is InChI=1S/C22H22FN9OS/c1-30(2)21-25-20(26-22(27-21)31(3)4)24-16-8-10-17(11-9-16)28-32-29-19(33)18(34-32)13-14-6-5-7-15(23)12-14/h5-13H,1-4H3,(H,29,33)/p+1/b18-13-. The summed E-state index contributed by atoms with van der Waals surface area (Å²) in [6, 6.07) is 13.3. The Labute approximate surface area is 198 Å². The maximum absolute atomic E-state index is 13.4. The number of nitrogens with one attached hydrogen (secondary N) is 2. The highest BCUT2D eigenvalue weighted by Gasteiger charge is 2.10. The van der Waals surface area contributed by atoms with E-state index in [4.69, 9.17) is 0 Å². The first-order chi connectivity index (χ1) is 16.3. The number of aromatic amines is 1. The van der Waals surface area contributed by atoms with E-state index in [1.807, 2.05) is 40.3 Å². The van der Waals surface area contributed by atoms with Crippen molar-refractivity contribution in [3.8, 4) is 0 Å². The van der Waals surface area contributed by atoms with Crippen molar-refractivity contribution in [2.75, 3.05) is 43.3 Å². The molecule has 2 N–H and O–H groups in total. The van der Waals surface area contributed by atoms with Crippen LogP contribution in [0.1, 0.15) is 5.56 Å². The first-order valence-electron chi connectivity index (χ1n) is 10.2. The van der Waals surface area contributed by atoms with Gasteiger partial charge in [0.05, 0.1) is 0 Å². The van der Waals surface area contributed by atoms with E-state index < -0.39 is 0 Å². The van der Waals surface area contributed by atoms with E-state index in [-0.39, 0.29) is 11.4 Å². The van der Waals surface area contributed by atoms with Crippen LogP contribution in [0.25, 0.3) is 6.08 Å². The van der Waals surface area contributed by atoms with Crippen molar-refractivity contribution in [1.29, 1.82) is 0 Å². The van der Waals surface area contributed by atoms with Crippen molar-refractivity contribution < 1.29 is 8.26 Å². The van der Waals surface area contributed by atoms with Gasteiger partial charge in [0.15, 0.2) is 4.53 Å². The van der Waals surface area contributed by atoms with Gasteiger partial charge >= 0.3 is 5.56 Å². The molecule has 0 bridgehead atoms. The van der Waals surface area contributed by atoms with Gasteiger partial charge in [-0.05, 0) is 48.0 Å². The Bertz CT molecular complexity index is 1450. The van der Waals surface area contributed by atoms with E-state index in [0.29, 0.717) is 33.6 Å². The second-order valence-electron chi connectivity index (χ2n) is 7.69. The lowest BCUT2D eigenvalue weighted by molar-refractivity contribution is -0.537. The van der Waals surface area contributed by atoms with Gasteiger partial charge in [-0.25, -0.2) is 4.39 Å². The van der Waals surface area contributed by atoms with Crippen molar-refractivity contribution in [3.63, 3.8) is 0 Å². The summed E-state index contributed by atoms with van der Waals surface area (Å²) in [4.78, 5) is 29.1. The molecular formula is C22H23FN9OS+. The van der Waals surface area contributed by atoms with E-state index >= 15 is 0 Å². The van der Waals surface area contributed by atoms with E-state index in [0.717, 1.165) is 17.2 Å². The molecule has 0 aliphatic rings. The Morgan fingerprint density at radius 3 is 2.32 bits per heavy atom. The quantitative estimate of drug-likeness (QED) is 0.407. The number of halogens is 1. The zero-order chi connectivity index (χ0) is 24.2. The van der Waals surface area contributed by atoms with Crippen LogP contribution in [0.2, 0.25) is 0 Å². The van der Waals surface area contributed by atoms with Gasteiger partial charge in [-0.3, -0.25) is 4.79 Å². The summed E-state index contributed by atoms with van der Waals surface area (Å²) in [6.07, 6.45) is 1.62. The summed E-state index contributed by atoms with van der Waals surface area (Å²) in [5, 5.41) is 10.2. The molecule has 10 nitrogen and oxygen atoms in total. The zero-order valence-electron chi connectivity index (χ0n) is 19.0. The third-order valence-electron chi connectivity index (χ3n) is 4.49. The number of hydrogen-bond donors (Lipinski definition) is 2. The topological polar surface area (TPSA) is 108 Å². The summed E-state index contributed by atoms with van der Waals surface area (Å²) in [6.45, 7) is 0. The van der Waals surface area contributed by atoms with Gasteiger partial charge in [0.25, 0.3) is 0 Å². The van der Waals surface area contributed by atoms with Gasteiger partial charge in [0.1, 0.15) is 15.4 Å². The molecule has 2 aromatic carbocycles. The number of hydrogen-bond acceptors (Lipinski definition) is 9. The molecule has 0 fully saturated rings. The molecular weight excluding hydrogens is 457 g/mol. The van der Waals surface area contributed by atoms with Crippen LogP contribution in [-0.2, 0) is 0 Å². The molecule has 174 valence electrons. The molecule has 0 saturated heterocycles. The lowest BCUT2D eigenvalue weighted by Gasteiger charge is -2.16. The number of aromatic nitrogens is 5. The summed E-state index contributed by atoms with van der Waals surface area (Å²) in [7, 11) is 7.46. The number of rotatable bonds is 6. The molecule has 0 aliphatic heterocycles. The normalized spacial score (nSPS) is 12.1. The molecule has 4 aromatic rings. The Hall–Kier alpha value is -4.19. The van der Waals surface area contributed by atoms with Crippen LogP contribution < -0.4 is 29.1 Å². The minimum absolute atomic E-state index is 0.306. The summed E-state index contributed by atoms with van der Waals surface area (Å²) in [5.41, 5.74) is 1.69. The zero-order valence-corrected chi connectivity index (χ0v) is 19.8. The third kappa shape index (κ3) is 5.59. The van der Waals surface area contributed by atoms with Crippen LogP contribution in [0.5, 0.6) is 0 Å². The second kappa shape index (κ2) is 9.75. The Morgan fingerprint density at radius 2 is 1.71 bits per heavy atom. The van der Waals surface area contributed by atoms with Gasteiger partial charge in [-0.2, -0.15) is 15.0 Å². The van der Waals surface area contributed by atoms with Crippen LogP contribution in [0.4, 0.5) is 33.6 Å². The average molecular weight is 481 g/mol. The molecule has 34 heavy (non-hydrogen) atoms. The van der Waals surface area contributed by atoms with Crippen molar-refractivity contribution in [1.82, 2.24) is 20.1 Å². The molecule has 0 saturated carbocycles. The minimum Gasteiger partial charge on any atom is -0.347 e. The van der Waals surface area contributed by atoms with Crippen molar-refractivity contribution in [2.45, 2.75) is 0 Å². The minimum atomic E-state index is -0.360. The lowest BCUT2D eigenvalue weighted by Crippen LogP contribution is -2.22. The predicted octanol–water partition coefficient (Wildman–Crippen LogP) is 2.12. The fraction of sp³-hybridized carbons (Fsp3) is 0.182. The highest BCUT2D eigenvalue weighted by Crippen LogP contribution is 2.20. The van der Waals surface area contributed by atoms with Gasteiger partial charge < -0.3 is 15.1 Å². The first-order valence-corrected chi connectivity index (χ1v) is 11.0. The van der Waals surface area contributed by atoms with E-state index in [1.54, 1.807) is 40.1 Å². The number of nitrogens with zero attached hydrogens (tertiary/aromatic N) is 7. The summed E-state index contributed by atoms with van der Waals surface area (Å²) >= 11 is 1.12. The SMILES string of the molecule is CN(C)c1nc(Nc2ccc(N=[n+]3[nH]c(=O)/c(=C/c4cccc(F)c4)s3)cc2)nc(N(C)C)n1. The van der Waals surface area contributed by atoms with Crippen LogP contribution in [0, 0.1) is 5.82 Å². The fourth-order valence-corrected chi connectivity index (χ4v) is 3.61. The molecule has 0 atom stereocenters. The molecule has 12 heteroatoms. The maximum atomic E-state index is 13.4.